The van der Waals surface area contributed by atoms with Crippen molar-refractivity contribution in [2.24, 2.45) is 0 Å². The molecule has 0 fully saturated rings. The number of rotatable bonds is 7. The molecule has 0 saturated carbocycles. The minimum absolute atomic E-state index is 0.391. The fourth-order valence-corrected chi connectivity index (χ4v) is 7.15. The Labute approximate surface area is 291 Å². The summed E-state index contributed by atoms with van der Waals surface area (Å²) in [5.41, 5.74) is 11.6. The highest BCUT2D eigenvalue weighted by Crippen LogP contribution is 2.39. The van der Waals surface area contributed by atoms with Crippen LogP contribution in [-0.2, 0) is 4.79 Å². The van der Waals surface area contributed by atoms with Gasteiger partial charge in [0.1, 0.15) is 0 Å². The summed E-state index contributed by atoms with van der Waals surface area (Å²) in [6, 6.07) is 55.0. The number of carbonyl (C=O) groups is 2. The van der Waals surface area contributed by atoms with E-state index >= 15 is 0 Å². The third kappa shape index (κ3) is 5.28. The second-order valence-corrected chi connectivity index (χ2v) is 12.6. The lowest BCUT2D eigenvalue weighted by Gasteiger charge is -2.23. The zero-order valence-corrected chi connectivity index (χ0v) is 27.9. The van der Waals surface area contributed by atoms with Crippen molar-refractivity contribution < 1.29 is 9.59 Å². The molecule has 8 rings (SSSR count). The van der Waals surface area contributed by atoms with Crippen LogP contribution >= 0.6 is 0 Å². The number of imide groups is 1. The smallest absolute Gasteiger partial charge is 0.267 e. The van der Waals surface area contributed by atoms with Crippen molar-refractivity contribution in [3.63, 3.8) is 0 Å². The summed E-state index contributed by atoms with van der Waals surface area (Å²) in [6.07, 6.45) is 0.648. The van der Waals surface area contributed by atoms with Gasteiger partial charge in [-0.1, -0.05) is 133 Å². The minimum Gasteiger partial charge on any atom is -0.308 e. The molecular weight excluding hydrogens is 613 g/mol. The Bertz CT molecular complexity index is 2550. The molecule has 0 aliphatic carbocycles. The highest BCUT2D eigenvalue weighted by atomic mass is 16.2. The van der Waals surface area contributed by atoms with Gasteiger partial charge in [-0.2, -0.15) is 0 Å². The van der Waals surface area contributed by atoms with Crippen LogP contribution in [0.3, 0.4) is 0 Å². The van der Waals surface area contributed by atoms with E-state index in [1.165, 1.54) is 16.0 Å². The molecule has 0 aliphatic heterocycles. The van der Waals surface area contributed by atoms with Gasteiger partial charge in [-0.25, -0.2) is 4.90 Å². The highest BCUT2D eigenvalue weighted by Gasteiger charge is 2.27. The number of carbonyl (C=O) groups excluding carboxylic acids is 2. The first-order valence-electron chi connectivity index (χ1n) is 16.8. The molecule has 0 spiro atoms. The molecule has 0 atom stereocenters. The summed E-state index contributed by atoms with van der Waals surface area (Å²) in [7, 11) is 0. The number of anilines is 1. The summed E-state index contributed by atoms with van der Waals surface area (Å²) in [5.74, 6) is -0.391. The van der Waals surface area contributed by atoms with Gasteiger partial charge in [0.2, 0.25) is 6.41 Å². The van der Waals surface area contributed by atoms with Crippen LogP contribution < -0.4 is 4.90 Å². The first-order chi connectivity index (χ1) is 24.5. The first-order valence-corrected chi connectivity index (χ1v) is 16.8. The molecule has 1 aromatic heterocycles. The quantitative estimate of drug-likeness (QED) is 0.162. The molecule has 4 heteroatoms. The van der Waals surface area contributed by atoms with Crippen LogP contribution in [0.5, 0.6) is 0 Å². The maximum atomic E-state index is 15.0. The number of hydrogen-bond acceptors (Lipinski definition) is 2. The van der Waals surface area contributed by atoms with E-state index in [9.17, 15) is 9.59 Å². The third-order valence-corrected chi connectivity index (χ3v) is 9.61. The van der Waals surface area contributed by atoms with Gasteiger partial charge in [-0.15, -0.1) is 0 Å². The normalized spacial score (nSPS) is 11.2. The molecular formula is C46H34N2O2. The monoisotopic (exact) mass is 646 g/mol. The number of nitrogens with zero attached hydrogens (tertiary/aromatic N) is 2. The van der Waals surface area contributed by atoms with Crippen LogP contribution in [0.15, 0.2) is 164 Å². The minimum atomic E-state index is -0.391. The van der Waals surface area contributed by atoms with E-state index in [0.29, 0.717) is 17.7 Å². The molecule has 0 aliphatic rings. The molecule has 4 nitrogen and oxygen atoms in total. The molecule has 0 unspecified atom stereocenters. The van der Waals surface area contributed by atoms with Crippen molar-refractivity contribution >= 4 is 39.8 Å². The fraction of sp³-hybridized carbons (Fsp3) is 0.0435. The number of para-hydroxylation sites is 1. The SMILES string of the molecule is Cc1ccccc1-c1ccc2c(c1)c1ccccc1n2-c1cccc(C)c1C(=O)N(C=O)c1cc(-c2ccccc2)ccc1-c1ccccc1. The van der Waals surface area contributed by atoms with Crippen molar-refractivity contribution in [1.29, 1.82) is 0 Å². The van der Waals surface area contributed by atoms with Gasteiger partial charge < -0.3 is 4.57 Å². The number of hydrogen-bond donors (Lipinski definition) is 0. The summed E-state index contributed by atoms with van der Waals surface area (Å²) in [4.78, 5) is 29.4. The summed E-state index contributed by atoms with van der Waals surface area (Å²) in [5, 5.41) is 2.18. The van der Waals surface area contributed by atoms with Crippen molar-refractivity contribution in [3.8, 4) is 39.1 Å². The lowest BCUT2D eigenvalue weighted by Crippen LogP contribution is -2.31. The Morgan fingerprint density at radius 2 is 1.16 bits per heavy atom. The summed E-state index contributed by atoms with van der Waals surface area (Å²) in [6.45, 7) is 4.06. The second-order valence-electron chi connectivity index (χ2n) is 12.6. The molecule has 0 bridgehead atoms. The average molecular weight is 647 g/mol. The third-order valence-electron chi connectivity index (χ3n) is 9.61. The molecule has 0 radical (unpaired) electrons. The van der Waals surface area contributed by atoms with Crippen LogP contribution in [0.25, 0.3) is 60.9 Å². The molecule has 0 saturated heterocycles. The number of fused-ring (bicyclic) bond motifs is 3. The van der Waals surface area contributed by atoms with Crippen molar-refractivity contribution in [2.45, 2.75) is 13.8 Å². The van der Waals surface area contributed by atoms with Crippen LogP contribution in [0.2, 0.25) is 0 Å². The van der Waals surface area contributed by atoms with Gasteiger partial charge in [-0.3, -0.25) is 9.59 Å². The van der Waals surface area contributed by atoms with Crippen LogP contribution in [0.1, 0.15) is 21.5 Å². The standard InChI is InChI=1S/C46H34N2O2/c1-31-14-9-10-20-37(31)36-25-27-42-40(28-36)39-21-11-12-22-41(39)48(42)43-23-13-15-32(2)45(43)46(50)47(30-49)44-29-35(33-16-5-3-6-17-33)24-26-38(44)34-18-7-4-8-19-34/h3-30H,1-2H3. The van der Waals surface area contributed by atoms with Gasteiger partial charge >= 0.3 is 0 Å². The number of aryl methyl sites for hydroxylation is 2. The summed E-state index contributed by atoms with van der Waals surface area (Å²) >= 11 is 0. The Morgan fingerprint density at radius 1 is 0.520 bits per heavy atom. The number of amides is 2. The van der Waals surface area contributed by atoms with Crippen molar-refractivity contribution in [3.05, 3.63) is 180 Å². The Morgan fingerprint density at radius 3 is 1.92 bits per heavy atom. The van der Waals surface area contributed by atoms with Crippen molar-refractivity contribution in [2.75, 3.05) is 4.90 Å². The summed E-state index contributed by atoms with van der Waals surface area (Å²) < 4.78 is 2.16. The molecule has 50 heavy (non-hydrogen) atoms. The van der Waals surface area contributed by atoms with E-state index in [4.69, 9.17) is 0 Å². The van der Waals surface area contributed by atoms with Crippen LogP contribution in [-0.4, -0.2) is 16.9 Å². The largest absolute Gasteiger partial charge is 0.308 e. The lowest BCUT2D eigenvalue weighted by atomic mass is 9.97. The van der Waals surface area contributed by atoms with E-state index < -0.39 is 5.91 Å². The Balaban J connectivity index is 1.33. The molecule has 7 aromatic carbocycles. The predicted molar refractivity (Wildman–Crippen MR) is 206 cm³/mol. The second kappa shape index (κ2) is 12.8. The van der Waals surface area contributed by atoms with Gasteiger partial charge in [0.15, 0.2) is 0 Å². The maximum Gasteiger partial charge on any atom is 0.267 e. The van der Waals surface area contributed by atoms with E-state index in [-0.39, 0.29) is 0 Å². The molecule has 8 aromatic rings. The molecule has 1 heterocycles. The van der Waals surface area contributed by atoms with E-state index in [1.54, 1.807) is 0 Å². The zero-order chi connectivity index (χ0) is 34.2. The van der Waals surface area contributed by atoms with Gasteiger partial charge in [-0.05, 0) is 83.1 Å². The lowest BCUT2D eigenvalue weighted by molar-refractivity contribution is -0.106. The van der Waals surface area contributed by atoms with E-state index in [2.05, 4.69) is 66.1 Å². The molecule has 0 N–H and O–H groups in total. The van der Waals surface area contributed by atoms with Crippen LogP contribution in [0, 0.1) is 13.8 Å². The van der Waals surface area contributed by atoms with Crippen LogP contribution in [0.4, 0.5) is 5.69 Å². The van der Waals surface area contributed by atoms with E-state index in [1.807, 2.05) is 116 Å². The zero-order valence-electron chi connectivity index (χ0n) is 27.9. The predicted octanol–water partition coefficient (Wildman–Crippen LogP) is 11.2. The molecule has 240 valence electrons. The molecule has 2 amide bonds. The van der Waals surface area contributed by atoms with Gasteiger partial charge in [0.05, 0.1) is 28.0 Å². The van der Waals surface area contributed by atoms with Gasteiger partial charge in [0, 0.05) is 16.3 Å². The maximum absolute atomic E-state index is 15.0. The van der Waals surface area contributed by atoms with E-state index in [0.717, 1.165) is 60.9 Å². The first kappa shape index (κ1) is 30.8. The number of aromatic nitrogens is 1. The highest BCUT2D eigenvalue weighted by molar-refractivity contribution is 6.20. The average Bonchev–Trinajstić information content (AvgIpc) is 3.49. The number of benzene rings is 7. The topological polar surface area (TPSA) is 42.3 Å². The Hall–Kier alpha value is -6.52. The fourth-order valence-electron chi connectivity index (χ4n) is 7.15. The van der Waals surface area contributed by atoms with Crippen molar-refractivity contribution in [1.82, 2.24) is 4.57 Å². The Kier molecular flexibility index (Phi) is 7.90. The van der Waals surface area contributed by atoms with Gasteiger partial charge in [0.25, 0.3) is 5.91 Å².